The lowest BCUT2D eigenvalue weighted by molar-refractivity contribution is 0.598. The van der Waals surface area contributed by atoms with Crippen LogP contribution < -0.4 is 15.8 Å². The van der Waals surface area contributed by atoms with Crippen LogP contribution in [0.5, 0.6) is 0 Å². The number of primary sulfonamides is 1. The molecule has 7 nitrogen and oxygen atoms in total. The van der Waals surface area contributed by atoms with E-state index in [0.717, 1.165) is 5.56 Å². The fourth-order valence-corrected chi connectivity index (χ4v) is 3.50. The summed E-state index contributed by atoms with van der Waals surface area (Å²) in [4.78, 5) is 1.50. The molecule has 0 spiro atoms. The Morgan fingerprint density at radius 2 is 1.73 bits per heavy atom. The number of anilines is 1. The largest absolute Gasteiger partial charge is 0.376 e. The first kappa shape index (κ1) is 18.1. The molecule has 0 aliphatic carbocycles. The van der Waals surface area contributed by atoms with Crippen molar-refractivity contribution in [3.63, 3.8) is 0 Å². The zero-order valence-corrected chi connectivity index (χ0v) is 15.5. The summed E-state index contributed by atoms with van der Waals surface area (Å²) in [5.74, 6) is 0.410. The van der Waals surface area contributed by atoms with Crippen LogP contribution in [0.15, 0.2) is 59.5 Å². The van der Waals surface area contributed by atoms with Crippen LogP contribution in [0.1, 0.15) is 0 Å². The molecule has 1 heterocycles. The maximum Gasteiger partial charge on any atom is 0.238 e. The molecule has 1 aromatic heterocycles. The summed E-state index contributed by atoms with van der Waals surface area (Å²) in [6.45, 7) is 0. The van der Waals surface area contributed by atoms with E-state index in [9.17, 15) is 8.42 Å². The van der Waals surface area contributed by atoms with Gasteiger partial charge in [-0.15, -0.1) is 0 Å². The zero-order chi connectivity index (χ0) is 18.9. The Kier molecular flexibility index (Phi) is 4.77. The van der Waals surface area contributed by atoms with E-state index in [1.54, 1.807) is 25.2 Å². The summed E-state index contributed by atoms with van der Waals surface area (Å²) in [6, 6.07) is 15.9. The summed E-state index contributed by atoms with van der Waals surface area (Å²) in [5.41, 5.74) is 8.19. The van der Waals surface area contributed by atoms with Crippen molar-refractivity contribution in [3.8, 4) is 22.4 Å². The summed E-state index contributed by atoms with van der Waals surface area (Å²) in [6.07, 6.45) is 0. The Hall–Kier alpha value is -2.75. The van der Waals surface area contributed by atoms with E-state index in [2.05, 4.69) is 10.2 Å². The third-order valence-electron chi connectivity index (χ3n) is 3.92. The first-order valence-electron chi connectivity index (χ1n) is 7.60. The summed E-state index contributed by atoms with van der Waals surface area (Å²) < 4.78 is 24.2. The highest BCUT2D eigenvalue weighted by Crippen LogP contribution is 2.40. The second-order valence-corrected chi connectivity index (χ2v) is 7.55. The van der Waals surface area contributed by atoms with Crippen molar-refractivity contribution in [2.75, 3.05) is 11.9 Å². The number of sulfonamides is 1. The van der Waals surface area contributed by atoms with E-state index < -0.39 is 10.0 Å². The van der Waals surface area contributed by atoms with Crippen molar-refractivity contribution in [3.05, 3.63) is 54.6 Å². The van der Waals surface area contributed by atoms with Gasteiger partial charge in [-0.2, -0.15) is 5.10 Å². The van der Waals surface area contributed by atoms with Crippen molar-refractivity contribution < 1.29 is 8.42 Å². The van der Waals surface area contributed by atoms with Gasteiger partial charge in [-0.3, -0.25) is 5.10 Å². The van der Waals surface area contributed by atoms with Gasteiger partial charge in [0.1, 0.15) is 0 Å². The molecule has 0 fully saturated rings. The molecule has 0 atom stereocenters. The van der Waals surface area contributed by atoms with Crippen LogP contribution in [0.4, 0.5) is 5.82 Å². The molecule has 0 saturated heterocycles. The van der Waals surface area contributed by atoms with Gasteiger partial charge in [-0.25, -0.2) is 13.6 Å². The standard InChI is InChI=1S/C17H17N5O2S2/c1-22(17(18)25)16-14(12-9-5-6-10-13(12)26(19,23)24)15(20-21-16)11-7-3-2-4-8-11/h2-10H,1H3,(H2,18,25)(H,20,21)(H2,19,23,24). The first-order valence-corrected chi connectivity index (χ1v) is 9.55. The lowest BCUT2D eigenvalue weighted by Crippen LogP contribution is -2.32. The number of aromatic amines is 1. The molecule has 134 valence electrons. The fourth-order valence-electron chi connectivity index (χ4n) is 2.67. The second-order valence-electron chi connectivity index (χ2n) is 5.60. The van der Waals surface area contributed by atoms with E-state index in [4.69, 9.17) is 23.1 Å². The zero-order valence-electron chi connectivity index (χ0n) is 13.9. The Morgan fingerprint density at radius 1 is 1.12 bits per heavy atom. The second kappa shape index (κ2) is 6.87. The average molecular weight is 387 g/mol. The van der Waals surface area contributed by atoms with E-state index in [1.165, 1.54) is 11.0 Å². The van der Waals surface area contributed by atoms with Gasteiger partial charge in [-0.05, 0) is 18.3 Å². The third-order valence-corrected chi connectivity index (χ3v) is 5.16. The van der Waals surface area contributed by atoms with Gasteiger partial charge < -0.3 is 10.6 Å². The van der Waals surface area contributed by atoms with Crippen LogP contribution in [0, 0.1) is 0 Å². The number of nitrogens with zero attached hydrogens (tertiary/aromatic N) is 2. The maximum atomic E-state index is 12.1. The third kappa shape index (κ3) is 3.32. The van der Waals surface area contributed by atoms with Crippen molar-refractivity contribution >= 4 is 33.2 Å². The topological polar surface area (TPSA) is 118 Å². The van der Waals surface area contributed by atoms with Crippen LogP contribution in [0.25, 0.3) is 22.4 Å². The summed E-state index contributed by atoms with van der Waals surface area (Å²) >= 11 is 5.05. The van der Waals surface area contributed by atoms with Crippen LogP contribution in [0.3, 0.4) is 0 Å². The average Bonchev–Trinajstić information content (AvgIpc) is 3.05. The van der Waals surface area contributed by atoms with Crippen LogP contribution >= 0.6 is 12.2 Å². The number of aromatic nitrogens is 2. The molecule has 0 radical (unpaired) electrons. The van der Waals surface area contributed by atoms with E-state index in [0.29, 0.717) is 22.6 Å². The Bertz CT molecular complexity index is 1060. The van der Waals surface area contributed by atoms with Crippen molar-refractivity contribution in [1.29, 1.82) is 0 Å². The molecule has 26 heavy (non-hydrogen) atoms. The van der Waals surface area contributed by atoms with Gasteiger partial charge in [0, 0.05) is 18.2 Å². The SMILES string of the molecule is CN(C(N)=S)c1n[nH]c(-c2ccccc2)c1-c1ccccc1S(N)(=O)=O. The molecule has 3 aromatic rings. The van der Waals surface area contributed by atoms with Crippen LogP contribution in [0.2, 0.25) is 0 Å². The predicted molar refractivity (Wildman–Crippen MR) is 106 cm³/mol. The summed E-state index contributed by atoms with van der Waals surface area (Å²) in [5, 5.41) is 12.8. The molecule has 9 heteroatoms. The van der Waals surface area contributed by atoms with Crippen LogP contribution in [-0.4, -0.2) is 30.8 Å². The highest BCUT2D eigenvalue weighted by Gasteiger charge is 2.25. The number of benzene rings is 2. The number of hydrogen-bond acceptors (Lipinski definition) is 4. The molecule has 0 aliphatic heterocycles. The van der Waals surface area contributed by atoms with Gasteiger partial charge in [-0.1, -0.05) is 48.5 Å². The number of H-pyrrole nitrogens is 1. The number of hydrogen-bond donors (Lipinski definition) is 3. The van der Waals surface area contributed by atoms with Crippen molar-refractivity contribution in [2.45, 2.75) is 4.90 Å². The molecule has 5 N–H and O–H groups in total. The van der Waals surface area contributed by atoms with E-state index in [1.807, 2.05) is 30.3 Å². The molecule has 3 rings (SSSR count). The Morgan fingerprint density at radius 3 is 2.35 bits per heavy atom. The smallest absolute Gasteiger partial charge is 0.238 e. The molecule has 2 aromatic carbocycles. The molecular weight excluding hydrogens is 370 g/mol. The summed E-state index contributed by atoms with van der Waals surface area (Å²) in [7, 11) is -2.28. The van der Waals surface area contributed by atoms with Gasteiger partial charge in [0.05, 0.1) is 16.2 Å². The molecule has 0 saturated carbocycles. The minimum Gasteiger partial charge on any atom is -0.376 e. The van der Waals surface area contributed by atoms with Crippen molar-refractivity contribution in [2.24, 2.45) is 10.9 Å². The number of thiocarbonyl (C=S) groups is 1. The molecule has 0 aliphatic rings. The molecule has 0 bridgehead atoms. The Labute approximate surface area is 156 Å². The maximum absolute atomic E-state index is 12.1. The lowest BCUT2D eigenvalue weighted by atomic mass is 10.0. The minimum absolute atomic E-state index is 0.00355. The van der Waals surface area contributed by atoms with Gasteiger partial charge in [0.2, 0.25) is 10.0 Å². The van der Waals surface area contributed by atoms with E-state index >= 15 is 0 Å². The Balaban J connectivity index is 2.36. The number of nitrogens with two attached hydrogens (primary N) is 2. The highest BCUT2D eigenvalue weighted by molar-refractivity contribution is 7.89. The number of nitrogens with one attached hydrogen (secondary N) is 1. The van der Waals surface area contributed by atoms with E-state index in [-0.39, 0.29) is 10.0 Å². The minimum atomic E-state index is -3.95. The quantitative estimate of drug-likeness (QED) is 0.590. The molecule has 0 amide bonds. The molecule has 0 unspecified atom stereocenters. The number of rotatable bonds is 4. The normalized spacial score (nSPS) is 11.3. The predicted octanol–water partition coefficient (Wildman–Crippen LogP) is 2.07. The van der Waals surface area contributed by atoms with Gasteiger partial charge >= 0.3 is 0 Å². The lowest BCUT2D eigenvalue weighted by Gasteiger charge is -2.17. The molecular formula is C17H17N5O2S2. The van der Waals surface area contributed by atoms with Crippen LogP contribution in [-0.2, 0) is 10.0 Å². The highest BCUT2D eigenvalue weighted by atomic mass is 32.2. The first-order chi connectivity index (χ1) is 12.3. The van der Waals surface area contributed by atoms with Crippen molar-refractivity contribution in [1.82, 2.24) is 10.2 Å². The monoisotopic (exact) mass is 387 g/mol. The van der Waals surface area contributed by atoms with Gasteiger partial charge in [0.15, 0.2) is 10.9 Å². The fraction of sp³-hybridized carbons (Fsp3) is 0.0588. The van der Waals surface area contributed by atoms with Gasteiger partial charge in [0.25, 0.3) is 0 Å².